The number of fused-ring (bicyclic) bond motifs is 1. The minimum atomic E-state index is 0.107. The van der Waals surface area contributed by atoms with Crippen LogP contribution < -0.4 is 10.5 Å². The van der Waals surface area contributed by atoms with Gasteiger partial charge >= 0.3 is 0 Å². The van der Waals surface area contributed by atoms with Gasteiger partial charge in [-0.25, -0.2) is 19.9 Å². The Morgan fingerprint density at radius 2 is 1.71 bits per heavy atom. The molecule has 5 heterocycles. The Labute approximate surface area is 220 Å². The summed E-state index contributed by atoms with van der Waals surface area (Å²) in [7, 11) is 0. The van der Waals surface area contributed by atoms with Crippen molar-refractivity contribution in [1.29, 1.82) is 5.26 Å². The SMILES string of the molecule is N#Cc1cccc(OC2CCN(Cc3ccc(-n4c(-c5cccnc5N)nc5cccnc54)cc3)CC2)n1. The molecule has 1 saturated heterocycles. The van der Waals surface area contributed by atoms with Crippen LogP contribution >= 0.6 is 0 Å². The first kappa shape index (κ1) is 23.6. The van der Waals surface area contributed by atoms with Gasteiger partial charge in [0.1, 0.15) is 29.2 Å². The molecule has 0 atom stereocenters. The van der Waals surface area contributed by atoms with Gasteiger partial charge in [0, 0.05) is 43.8 Å². The van der Waals surface area contributed by atoms with Crippen LogP contribution in [0.1, 0.15) is 24.1 Å². The molecule has 2 N–H and O–H groups in total. The van der Waals surface area contributed by atoms with E-state index in [2.05, 4.69) is 50.2 Å². The number of anilines is 1. The van der Waals surface area contributed by atoms with Crippen LogP contribution in [0.2, 0.25) is 0 Å². The predicted molar refractivity (Wildman–Crippen MR) is 144 cm³/mol. The van der Waals surface area contributed by atoms with E-state index in [0.717, 1.165) is 54.9 Å². The fourth-order valence-corrected chi connectivity index (χ4v) is 4.85. The van der Waals surface area contributed by atoms with E-state index in [4.69, 9.17) is 20.7 Å². The first-order valence-corrected chi connectivity index (χ1v) is 12.6. The van der Waals surface area contributed by atoms with Crippen LogP contribution in [0.5, 0.6) is 5.88 Å². The lowest BCUT2D eigenvalue weighted by molar-refractivity contribution is 0.0932. The molecule has 1 aliphatic heterocycles. The van der Waals surface area contributed by atoms with Crippen LogP contribution in [0.3, 0.4) is 0 Å². The number of hydrogen-bond acceptors (Lipinski definition) is 8. The molecule has 5 aromatic rings. The van der Waals surface area contributed by atoms with Crippen LogP contribution in [0.25, 0.3) is 28.2 Å². The van der Waals surface area contributed by atoms with E-state index in [-0.39, 0.29) is 6.10 Å². The van der Waals surface area contributed by atoms with E-state index in [1.807, 2.05) is 34.9 Å². The van der Waals surface area contributed by atoms with Crippen molar-refractivity contribution >= 4 is 17.0 Å². The normalized spacial score (nSPS) is 14.4. The van der Waals surface area contributed by atoms with Crippen LogP contribution in [0, 0.1) is 11.3 Å². The van der Waals surface area contributed by atoms with Gasteiger partial charge in [-0.05, 0) is 60.9 Å². The first-order valence-electron chi connectivity index (χ1n) is 12.6. The summed E-state index contributed by atoms with van der Waals surface area (Å²) >= 11 is 0. The Balaban J connectivity index is 1.16. The average molecular weight is 503 g/mol. The summed E-state index contributed by atoms with van der Waals surface area (Å²) in [4.78, 5) is 20.3. The zero-order chi connectivity index (χ0) is 25.9. The zero-order valence-electron chi connectivity index (χ0n) is 20.7. The zero-order valence-corrected chi connectivity index (χ0v) is 20.7. The van der Waals surface area contributed by atoms with Gasteiger partial charge in [0.05, 0.1) is 5.56 Å². The molecule has 1 aliphatic rings. The van der Waals surface area contributed by atoms with Crippen LogP contribution in [-0.2, 0) is 6.54 Å². The van der Waals surface area contributed by atoms with E-state index < -0.39 is 0 Å². The van der Waals surface area contributed by atoms with Gasteiger partial charge in [0.2, 0.25) is 5.88 Å². The molecule has 6 rings (SSSR count). The number of piperidine rings is 1. The summed E-state index contributed by atoms with van der Waals surface area (Å²) in [5.41, 5.74) is 11.1. The second-order valence-electron chi connectivity index (χ2n) is 9.29. The third-order valence-corrected chi connectivity index (χ3v) is 6.76. The Morgan fingerprint density at radius 1 is 0.921 bits per heavy atom. The number of pyridine rings is 3. The quantitative estimate of drug-likeness (QED) is 0.363. The molecule has 0 aliphatic carbocycles. The van der Waals surface area contributed by atoms with Crippen molar-refractivity contribution in [3.05, 3.63) is 90.4 Å². The number of nitrogens with two attached hydrogens (primary N) is 1. The van der Waals surface area contributed by atoms with Gasteiger partial charge < -0.3 is 10.5 Å². The summed E-state index contributed by atoms with van der Waals surface area (Å²) in [6.45, 7) is 2.73. The Morgan fingerprint density at radius 3 is 2.50 bits per heavy atom. The van der Waals surface area contributed by atoms with Crippen molar-refractivity contribution in [2.45, 2.75) is 25.5 Å². The minimum absolute atomic E-state index is 0.107. The fourth-order valence-electron chi connectivity index (χ4n) is 4.85. The molecule has 0 unspecified atom stereocenters. The molecule has 0 radical (unpaired) electrons. The highest BCUT2D eigenvalue weighted by Gasteiger charge is 2.22. The van der Waals surface area contributed by atoms with E-state index in [0.29, 0.717) is 23.2 Å². The monoisotopic (exact) mass is 502 g/mol. The largest absolute Gasteiger partial charge is 0.474 e. The summed E-state index contributed by atoms with van der Waals surface area (Å²) in [6, 6.07) is 23.5. The second-order valence-corrected chi connectivity index (χ2v) is 9.29. The van der Waals surface area contributed by atoms with Crippen molar-refractivity contribution in [2.75, 3.05) is 18.8 Å². The fraction of sp³-hybridized carbons (Fsp3) is 0.207. The number of ether oxygens (including phenoxy) is 1. The summed E-state index contributed by atoms with van der Waals surface area (Å²) in [5, 5.41) is 9.05. The first-order chi connectivity index (χ1) is 18.7. The Kier molecular flexibility index (Phi) is 6.38. The molecule has 1 fully saturated rings. The summed E-state index contributed by atoms with van der Waals surface area (Å²) in [5.74, 6) is 1.67. The highest BCUT2D eigenvalue weighted by Crippen LogP contribution is 2.30. The number of rotatable bonds is 6. The molecule has 38 heavy (non-hydrogen) atoms. The molecule has 9 heteroatoms. The maximum atomic E-state index is 9.05. The number of nitrogen functional groups attached to an aromatic ring is 1. The van der Waals surface area contributed by atoms with Crippen LogP contribution in [0.15, 0.2) is 79.1 Å². The molecular formula is C29H26N8O. The topological polar surface area (TPSA) is 119 Å². The third kappa shape index (κ3) is 4.77. The van der Waals surface area contributed by atoms with Gasteiger partial charge in [-0.1, -0.05) is 18.2 Å². The molecule has 1 aromatic carbocycles. The molecule has 0 spiro atoms. The lowest BCUT2D eigenvalue weighted by Crippen LogP contribution is -2.37. The molecular weight excluding hydrogens is 476 g/mol. The highest BCUT2D eigenvalue weighted by atomic mass is 16.5. The molecule has 188 valence electrons. The number of likely N-dealkylation sites (tertiary alicyclic amines) is 1. The second kappa shape index (κ2) is 10.3. The van der Waals surface area contributed by atoms with Crippen LogP contribution in [0.4, 0.5) is 5.82 Å². The maximum absolute atomic E-state index is 9.05. The van der Waals surface area contributed by atoms with Crippen LogP contribution in [-0.4, -0.2) is 48.6 Å². The average Bonchev–Trinajstić information content (AvgIpc) is 3.34. The lowest BCUT2D eigenvalue weighted by Gasteiger charge is -2.31. The lowest BCUT2D eigenvalue weighted by atomic mass is 10.1. The predicted octanol–water partition coefficient (Wildman–Crippen LogP) is 4.37. The van der Waals surface area contributed by atoms with E-state index in [9.17, 15) is 0 Å². The summed E-state index contributed by atoms with van der Waals surface area (Å²) < 4.78 is 8.06. The van der Waals surface area contributed by atoms with Crippen molar-refractivity contribution in [1.82, 2.24) is 29.4 Å². The van der Waals surface area contributed by atoms with Crippen molar-refractivity contribution in [2.24, 2.45) is 0 Å². The highest BCUT2D eigenvalue weighted by molar-refractivity contribution is 5.82. The Bertz CT molecular complexity index is 1610. The van der Waals surface area contributed by atoms with Gasteiger partial charge in [-0.2, -0.15) is 5.26 Å². The maximum Gasteiger partial charge on any atom is 0.214 e. The van der Waals surface area contributed by atoms with Gasteiger partial charge in [-0.3, -0.25) is 9.47 Å². The van der Waals surface area contributed by atoms with Crippen molar-refractivity contribution in [3.63, 3.8) is 0 Å². The van der Waals surface area contributed by atoms with Gasteiger partial charge in [0.25, 0.3) is 0 Å². The molecule has 4 aromatic heterocycles. The number of nitriles is 1. The van der Waals surface area contributed by atoms with Crippen molar-refractivity contribution < 1.29 is 4.74 Å². The van der Waals surface area contributed by atoms with Crippen molar-refractivity contribution in [3.8, 4) is 29.0 Å². The standard InChI is InChI=1S/C29H26N8O/c30-18-21-4-1-7-26(34-21)38-23-12-16-36(17-13-23)19-20-8-10-22(11-9-20)37-28(24-5-2-14-32-27(24)31)35-25-6-3-15-33-29(25)37/h1-11,14-15,23H,12-13,16-17,19H2,(H2,31,32). The third-order valence-electron chi connectivity index (χ3n) is 6.76. The van der Waals surface area contributed by atoms with E-state index in [1.165, 1.54) is 5.56 Å². The molecule has 9 nitrogen and oxygen atoms in total. The number of aromatic nitrogens is 5. The van der Waals surface area contributed by atoms with Gasteiger partial charge in [0.15, 0.2) is 11.5 Å². The summed E-state index contributed by atoms with van der Waals surface area (Å²) in [6.07, 6.45) is 5.39. The molecule has 0 amide bonds. The smallest absolute Gasteiger partial charge is 0.214 e. The van der Waals surface area contributed by atoms with Gasteiger partial charge in [-0.15, -0.1) is 0 Å². The van der Waals surface area contributed by atoms with E-state index >= 15 is 0 Å². The Hall–Kier alpha value is -4.81. The minimum Gasteiger partial charge on any atom is -0.474 e. The molecule has 0 bridgehead atoms. The number of benzene rings is 1. The molecule has 0 saturated carbocycles. The van der Waals surface area contributed by atoms with E-state index in [1.54, 1.807) is 24.5 Å². The number of imidazole rings is 1. The number of hydrogen-bond donors (Lipinski definition) is 1. The number of nitrogens with zero attached hydrogens (tertiary/aromatic N) is 7.